The smallest absolute Gasteiger partial charge is 0.262 e. The Hall–Kier alpha value is -3.02. The van der Waals surface area contributed by atoms with Crippen molar-refractivity contribution in [2.75, 3.05) is 0 Å². The van der Waals surface area contributed by atoms with E-state index in [9.17, 15) is 14.0 Å². The van der Waals surface area contributed by atoms with E-state index in [-0.39, 0.29) is 16.9 Å². The predicted octanol–water partition coefficient (Wildman–Crippen LogP) is 4.03. The molecular weight excluding hydrogens is 369 g/mol. The number of nitrogens with one attached hydrogen (secondary N) is 2. The number of carbonyl (C=O) groups excluding carboxylic acids is 2. The molecule has 0 spiro atoms. The van der Waals surface area contributed by atoms with Gasteiger partial charge in [0.25, 0.3) is 11.8 Å². The zero-order chi connectivity index (χ0) is 21.6. The van der Waals surface area contributed by atoms with Crippen LogP contribution in [-0.2, 0) is 10.2 Å². The first kappa shape index (κ1) is 22.3. The van der Waals surface area contributed by atoms with Crippen LogP contribution in [0.25, 0.3) is 0 Å². The molecule has 0 aliphatic rings. The second-order valence-corrected chi connectivity index (χ2v) is 8.28. The molecule has 2 amide bonds. The fourth-order valence-electron chi connectivity index (χ4n) is 2.71. The van der Waals surface area contributed by atoms with E-state index in [2.05, 4.69) is 36.6 Å². The van der Waals surface area contributed by atoms with Gasteiger partial charge in [-0.15, -0.1) is 0 Å². The van der Waals surface area contributed by atoms with Gasteiger partial charge in [0.2, 0.25) is 0 Å². The van der Waals surface area contributed by atoms with Crippen LogP contribution >= 0.6 is 0 Å². The highest BCUT2D eigenvalue weighted by Crippen LogP contribution is 2.21. The molecule has 0 saturated heterocycles. The third-order valence-electron chi connectivity index (χ3n) is 4.52. The quantitative estimate of drug-likeness (QED) is 0.571. The lowest BCUT2D eigenvalue weighted by molar-refractivity contribution is -0.123. The third kappa shape index (κ3) is 6.24. The first-order valence-electron chi connectivity index (χ1n) is 9.58. The van der Waals surface area contributed by atoms with Gasteiger partial charge in [-0.25, -0.2) is 9.82 Å². The lowest BCUT2D eigenvalue weighted by Gasteiger charge is -2.20. The Morgan fingerprint density at radius 2 is 1.66 bits per heavy atom. The Kier molecular flexibility index (Phi) is 7.26. The molecular formula is C23H28FN3O2. The fourth-order valence-corrected chi connectivity index (χ4v) is 2.71. The molecule has 2 aromatic rings. The molecule has 2 rings (SSSR count). The average molecular weight is 397 g/mol. The second kappa shape index (κ2) is 9.45. The van der Waals surface area contributed by atoms with Crippen molar-refractivity contribution >= 4 is 18.0 Å². The van der Waals surface area contributed by atoms with Crippen molar-refractivity contribution in [2.24, 2.45) is 11.0 Å². The number of hydrazone groups is 1. The number of benzene rings is 2. The van der Waals surface area contributed by atoms with E-state index in [0.717, 1.165) is 5.56 Å². The van der Waals surface area contributed by atoms with Gasteiger partial charge in [-0.2, -0.15) is 5.10 Å². The maximum absolute atomic E-state index is 13.8. The number of hydrogen-bond donors (Lipinski definition) is 2. The van der Waals surface area contributed by atoms with Crippen LogP contribution < -0.4 is 10.7 Å². The molecule has 0 aliphatic carbocycles. The van der Waals surface area contributed by atoms with Gasteiger partial charge < -0.3 is 5.32 Å². The summed E-state index contributed by atoms with van der Waals surface area (Å²) in [5.41, 5.74) is 4.45. The molecule has 1 unspecified atom stereocenters. The van der Waals surface area contributed by atoms with E-state index in [1.165, 1.54) is 23.8 Å². The Morgan fingerprint density at radius 1 is 1.03 bits per heavy atom. The van der Waals surface area contributed by atoms with Gasteiger partial charge in [-0.3, -0.25) is 9.59 Å². The fraction of sp³-hybridized carbons (Fsp3) is 0.348. The minimum atomic E-state index is -0.845. The van der Waals surface area contributed by atoms with Crippen molar-refractivity contribution in [2.45, 2.75) is 46.1 Å². The summed E-state index contributed by atoms with van der Waals surface area (Å²) in [6, 6.07) is 12.7. The van der Waals surface area contributed by atoms with Crippen LogP contribution in [0.5, 0.6) is 0 Å². The Bertz CT molecular complexity index is 884. The highest BCUT2D eigenvalue weighted by molar-refractivity contribution is 5.98. The minimum Gasteiger partial charge on any atom is -0.340 e. The van der Waals surface area contributed by atoms with Crippen molar-refractivity contribution in [3.63, 3.8) is 0 Å². The summed E-state index contributed by atoms with van der Waals surface area (Å²) >= 11 is 0. The van der Waals surface area contributed by atoms with Gasteiger partial charge >= 0.3 is 0 Å². The zero-order valence-electron chi connectivity index (χ0n) is 17.5. The number of halogens is 1. The predicted molar refractivity (Wildman–Crippen MR) is 113 cm³/mol. The van der Waals surface area contributed by atoms with Crippen LogP contribution in [0.15, 0.2) is 53.6 Å². The van der Waals surface area contributed by atoms with E-state index in [1.54, 1.807) is 26.1 Å². The Morgan fingerprint density at radius 3 is 2.21 bits per heavy atom. The lowest BCUT2D eigenvalue weighted by Crippen LogP contribution is -2.48. The topological polar surface area (TPSA) is 70.6 Å². The van der Waals surface area contributed by atoms with Gasteiger partial charge in [-0.1, -0.05) is 71.0 Å². The van der Waals surface area contributed by atoms with Crippen LogP contribution in [0, 0.1) is 11.7 Å². The number of rotatable bonds is 6. The molecule has 1 atom stereocenters. The number of nitrogens with zero attached hydrogens (tertiary/aromatic N) is 1. The molecule has 0 saturated carbocycles. The van der Waals surface area contributed by atoms with Gasteiger partial charge in [0.15, 0.2) is 0 Å². The summed E-state index contributed by atoms with van der Waals surface area (Å²) in [6.45, 7) is 10.00. The van der Waals surface area contributed by atoms with Gasteiger partial charge in [0.1, 0.15) is 11.9 Å². The van der Waals surface area contributed by atoms with Crippen LogP contribution in [0.2, 0.25) is 0 Å². The Balaban J connectivity index is 2.01. The minimum absolute atomic E-state index is 0.0603. The maximum atomic E-state index is 13.8. The monoisotopic (exact) mass is 397 g/mol. The molecule has 154 valence electrons. The standard InChI is InChI=1S/C23H28FN3O2/c1-15(2)20(26-21(28)18-8-6-7-9-19(18)24)22(29)27-25-14-16-10-12-17(13-11-16)23(3,4)5/h6-15,20H,1-5H3,(H,26,28)(H,27,29). The van der Waals surface area contributed by atoms with E-state index in [1.807, 2.05) is 24.3 Å². The van der Waals surface area contributed by atoms with Crippen LogP contribution in [0.1, 0.15) is 56.1 Å². The Labute approximate surface area is 171 Å². The first-order chi connectivity index (χ1) is 13.6. The molecule has 0 aliphatic heterocycles. The van der Waals surface area contributed by atoms with Crippen molar-refractivity contribution in [3.8, 4) is 0 Å². The largest absolute Gasteiger partial charge is 0.340 e. The van der Waals surface area contributed by atoms with E-state index in [0.29, 0.717) is 0 Å². The molecule has 0 bridgehead atoms. The summed E-state index contributed by atoms with van der Waals surface area (Å²) in [7, 11) is 0. The zero-order valence-corrected chi connectivity index (χ0v) is 17.5. The van der Waals surface area contributed by atoms with Gasteiger partial charge in [-0.05, 0) is 34.6 Å². The molecule has 2 aromatic carbocycles. The molecule has 2 N–H and O–H groups in total. The van der Waals surface area contributed by atoms with Crippen LogP contribution in [0.4, 0.5) is 4.39 Å². The highest BCUT2D eigenvalue weighted by Gasteiger charge is 2.25. The maximum Gasteiger partial charge on any atom is 0.262 e. The van der Waals surface area contributed by atoms with Crippen LogP contribution in [0.3, 0.4) is 0 Å². The molecule has 6 heteroatoms. The summed E-state index contributed by atoms with van der Waals surface area (Å²) in [5, 5.41) is 6.57. The van der Waals surface area contributed by atoms with E-state index >= 15 is 0 Å². The average Bonchev–Trinajstić information content (AvgIpc) is 2.65. The van der Waals surface area contributed by atoms with Crippen molar-refractivity contribution in [1.29, 1.82) is 0 Å². The van der Waals surface area contributed by atoms with Crippen LogP contribution in [-0.4, -0.2) is 24.1 Å². The number of amides is 2. The van der Waals surface area contributed by atoms with E-state index in [4.69, 9.17) is 0 Å². The third-order valence-corrected chi connectivity index (χ3v) is 4.52. The summed E-state index contributed by atoms with van der Waals surface area (Å²) < 4.78 is 13.8. The van der Waals surface area contributed by atoms with Gasteiger partial charge in [0.05, 0.1) is 11.8 Å². The van der Waals surface area contributed by atoms with E-state index < -0.39 is 23.7 Å². The second-order valence-electron chi connectivity index (χ2n) is 8.28. The van der Waals surface area contributed by atoms with Crippen molar-refractivity contribution in [1.82, 2.24) is 10.7 Å². The SMILES string of the molecule is CC(C)C(NC(=O)c1ccccc1F)C(=O)NN=Cc1ccc(C(C)(C)C)cc1. The normalized spacial score (nSPS) is 12.8. The molecule has 0 heterocycles. The molecule has 29 heavy (non-hydrogen) atoms. The van der Waals surface area contributed by atoms with Crippen molar-refractivity contribution in [3.05, 3.63) is 71.0 Å². The molecule has 5 nitrogen and oxygen atoms in total. The van der Waals surface area contributed by atoms with Crippen molar-refractivity contribution < 1.29 is 14.0 Å². The molecule has 0 fully saturated rings. The summed E-state index contributed by atoms with van der Waals surface area (Å²) in [6.07, 6.45) is 1.54. The number of carbonyl (C=O) groups is 2. The van der Waals surface area contributed by atoms with Gasteiger partial charge in [0, 0.05) is 0 Å². The number of hydrogen-bond acceptors (Lipinski definition) is 3. The molecule has 0 aromatic heterocycles. The molecule has 0 radical (unpaired) electrons. The first-order valence-corrected chi connectivity index (χ1v) is 9.58. The lowest BCUT2D eigenvalue weighted by atomic mass is 9.87. The summed E-state index contributed by atoms with van der Waals surface area (Å²) in [4.78, 5) is 24.8. The highest BCUT2D eigenvalue weighted by atomic mass is 19.1. The summed E-state index contributed by atoms with van der Waals surface area (Å²) in [5.74, 6) is -1.94.